The zero-order valence-electron chi connectivity index (χ0n) is 17.5. The van der Waals surface area contributed by atoms with E-state index in [1.165, 1.54) is 5.56 Å². The van der Waals surface area contributed by atoms with E-state index in [9.17, 15) is 0 Å². The number of piperazine rings is 1. The quantitative estimate of drug-likeness (QED) is 0.552. The van der Waals surface area contributed by atoms with Crippen molar-refractivity contribution in [3.8, 4) is 11.5 Å². The number of nitrogens with zero attached hydrogens (tertiary/aromatic N) is 3. The van der Waals surface area contributed by atoms with Crippen molar-refractivity contribution in [2.24, 2.45) is 10.7 Å². The zero-order valence-corrected chi connectivity index (χ0v) is 17.5. The van der Waals surface area contributed by atoms with Crippen LogP contribution in [0.1, 0.15) is 11.1 Å². The van der Waals surface area contributed by atoms with Crippen LogP contribution in [0, 0.1) is 0 Å². The fourth-order valence-corrected chi connectivity index (χ4v) is 3.29. The second kappa shape index (κ2) is 10.1. The second-order valence-corrected chi connectivity index (χ2v) is 7.29. The average molecular weight is 398 g/mol. The van der Waals surface area contributed by atoms with Crippen LogP contribution >= 0.6 is 0 Å². The molecular weight excluding hydrogens is 366 g/mol. The van der Waals surface area contributed by atoms with E-state index in [2.05, 4.69) is 51.4 Å². The van der Waals surface area contributed by atoms with E-state index in [4.69, 9.17) is 15.2 Å². The lowest BCUT2D eigenvalue weighted by Crippen LogP contribution is -2.43. The summed E-state index contributed by atoms with van der Waals surface area (Å²) in [6, 6.07) is 14.1. The lowest BCUT2D eigenvalue weighted by Gasteiger charge is -2.32. The molecular formula is C22H31N5O2. The van der Waals surface area contributed by atoms with Gasteiger partial charge in [-0.1, -0.05) is 24.3 Å². The van der Waals surface area contributed by atoms with Crippen LogP contribution < -0.4 is 20.5 Å². The van der Waals surface area contributed by atoms with Gasteiger partial charge in [-0.2, -0.15) is 0 Å². The van der Waals surface area contributed by atoms with Crippen molar-refractivity contribution >= 4 is 11.6 Å². The number of nitrogens with one attached hydrogen (secondary N) is 1. The lowest BCUT2D eigenvalue weighted by atomic mass is 10.1. The largest absolute Gasteiger partial charge is 0.493 e. The number of likely N-dealkylation sites (N-methyl/N-ethyl adjacent to an activating group) is 1. The molecule has 2 aromatic rings. The monoisotopic (exact) mass is 397 g/mol. The van der Waals surface area contributed by atoms with Crippen molar-refractivity contribution in [2.75, 3.05) is 52.8 Å². The van der Waals surface area contributed by atoms with E-state index in [1.807, 2.05) is 18.2 Å². The molecule has 0 radical (unpaired) electrons. The van der Waals surface area contributed by atoms with Crippen molar-refractivity contribution in [1.29, 1.82) is 0 Å². The Kier molecular flexibility index (Phi) is 7.32. The van der Waals surface area contributed by atoms with E-state index in [0.717, 1.165) is 44.0 Å². The molecule has 1 fully saturated rings. The summed E-state index contributed by atoms with van der Waals surface area (Å²) in [5.74, 6) is 1.67. The highest BCUT2D eigenvalue weighted by Crippen LogP contribution is 2.29. The van der Waals surface area contributed by atoms with E-state index in [1.54, 1.807) is 14.2 Å². The van der Waals surface area contributed by atoms with Crippen LogP contribution in [0.4, 0.5) is 5.69 Å². The van der Waals surface area contributed by atoms with Crippen LogP contribution in [0.5, 0.6) is 11.5 Å². The minimum absolute atomic E-state index is 0.360. The van der Waals surface area contributed by atoms with Gasteiger partial charge in [-0.25, -0.2) is 4.99 Å². The first kappa shape index (κ1) is 21.0. The molecule has 0 aromatic heterocycles. The molecule has 2 aromatic carbocycles. The van der Waals surface area contributed by atoms with Gasteiger partial charge in [0.05, 0.1) is 20.8 Å². The molecule has 0 unspecified atom stereocenters. The summed E-state index contributed by atoms with van der Waals surface area (Å²) in [7, 11) is 5.39. The summed E-state index contributed by atoms with van der Waals surface area (Å²) in [4.78, 5) is 9.31. The van der Waals surface area contributed by atoms with E-state index < -0.39 is 0 Å². The number of methoxy groups -OCH3 is 2. The number of hydrogen-bond donors (Lipinski definition) is 2. The Balaban J connectivity index is 1.52. The molecule has 7 nitrogen and oxygen atoms in total. The predicted octanol–water partition coefficient (Wildman–Crippen LogP) is 2.38. The highest BCUT2D eigenvalue weighted by Gasteiger charge is 2.13. The van der Waals surface area contributed by atoms with Crippen molar-refractivity contribution in [3.63, 3.8) is 0 Å². The van der Waals surface area contributed by atoms with Crippen LogP contribution in [0.15, 0.2) is 47.5 Å². The first-order valence-corrected chi connectivity index (χ1v) is 9.85. The average Bonchev–Trinajstić information content (AvgIpc) is 2.74. The molecule has 7 heteroatoms. The van der Waals surface area contributed by atoms with Gasteiger partial charge in [0, 0.05) is 44.5 Å². The van der Waals surface area contributed by atoms with Gasteiger partial charge in [-0.05, 0) is 30.3 Å². The number of nitrogens with two attached hydrogens (primary N) is 1. The van der Waals surface area contributed by atoms with Gasteiger partial charge in [0.15, 0.2) is 17.5 Å². The summed E-state index contributed by atoms with van der Waals surface area (Å²) in [6.07, 6.45) is 0. The van der Waals surface area contributed by atoms with Crippen LogP contribution in [-0.4, -0.2) is 63.2 Å². The molecule has 29 heavy (non-hydrogen) atoms. The van der Waals surface area contributed by atoms with Gasteiger partial charge >= 0.3 is 0 Å². The molecule has 0 bridgehead atoms. The van der Waals surface area contributed by atoms with Crippen LogP contribution in [-0.2, 0) is 13.1 Å². The van der Waals surface area contributed by atoms with Crippen LogP contribution in [0.3, 0.4) is 0 Å². The third kappa shape index (κ3) is 6.10. The van der Waals surface area contributed by atoms with Gasteiger partial charge in [0.1, 0.15) is 0 Å². The Labute approximate surface area is 173 Å². The molecule has 0 aliphatic carbocycles. The highest BCUT2D eigenvalue weighted by molar-refractivity contribution is 5.92. The molecule has 1 aliphatic heterocycles. The van der Waals surface area contributed by atoms with Crippen LogP contribution in [0.25, 0.3) is 0 Å². The number of guanidine groups is 1. The molecule has 0 atom stereocenters. The fraction of sp³-hybridized carbons (Fsp3) is 0.409. The van der Waals surface area contributed by atoms with Crippen molar-refractivity contribution in [1.82, 2.24) is 9.80 Å². The lowest BCUT2D eigenvalue weighted by molar-refractivity contribution is 0.148. The predicted molar refractivity (Wildman–Crippen MR) is 118 cm³/mol. The Morgan fingerprint density at radius 1 is 0.966 bits per heavy atom. The van der Waals surface area contributed by atoms with Gasteiger partial charge in [0.25, 0.3) is 0 Å². The highest BCUT2D eigenvalue weighted by atomic mass is 16.5. The number of benzene rings is 2. The van der Waals surface area contributed by atoms with Gasteiger partial charge in [-0.15, -0.1) is 0 Å². The van der Waals surface area contributed by atoms with Crippen molar-refractivity contribution in [2.45, 2.75) is 13.1 Å². The first-order chi connectivity index (χ1) is 14.1. The first-order valence-electron chi connectivity index (χ1n) is 9.85. The van der Waals surface area contributed by atoms with Gasteiger partial charge < -0.3 is 25.4 Å². The Morgan fingerprint density at radius 3 is 2.28 bits per heavy atom. The van der Waals surface area contributed by atoms with E-state index in [0.29, 0.717) is 24.0 Å². The maximum atomic E-state index is 6.04. The molecule has 156 valence electrons. The Bertz CT molecular complexity index is 814. The summed E-state index contributed by atoms with van der Waals surface area (Å²) in [6.45, 7) is 6.06. The molecule has 3 rings (SSSR count). The minimum atomic E-state index is 0.360. The number of anilines is 1. The smallest absolute Gasteiger partial charge is 0.193 e. The van der Waals surface area contributed by atoms with Gasteiger partial charge in [-0.3, -0.25) is 4.90 Å². The Hall–Kier alpha value is -2.77. The molecule has 1 aliphatic rings. The van der Waals surface area contributed by atoms with Crippen LogP contribution in [0.2, 0.25) is 0 Å². The van der Waals surface area contributed by atoms with E-state index in [-0.39, 0.29) is 0 Å². The maximum Gasteiger partial charge on any atom is 0.193 e. The second-order valence-electron chi connectivity index (χ2n) is 7.29. The third-order valence-electron chi connectivity index (χ3n) is 5.11. The topological polar surface area (TPSA) is 75.4 Å². The van der Waals surface area contributed by atoms with Crippen molar-refractivity contribution < 1.29 is 9.47 Å². The summed E-state index contributed by atoms with van der Waals surface area (Å²) in [5, 5.41) is 3.09. The minimum Gasteiger partial charge on any atom is -0.493 e. The molecule has 1 heterocycles. The molecule has 1 saturated heterocycles. The summed E-state index contributed by atoms with van der Waals surface area (Å²) in [5.41, 5.74) is 9.30. The normalized spacial score (nSPS) is 15.9. The number of rotatable bonds is 7. The summed E-state index contributed by atoms with van der Waals surface area (Å²) < 4.78 is 10.6. The van der Waals surface area contributed by atoms with E-state index >= 15 is 0 Å². The van der Waals surface area contributed by atoms with Crippen molar-refractivity contribution in [3.05, 3.63) is 53.6 Å². The fourth-order valence-electron chi connectivity index (χ4n) is 3.29. The molecule has 0 saturated carbocycles. The SMILES string of the molecule is COc1ccc(NC(N)=NCc2ccc(CN3CCN(C)CC3)cc2)cc1OC. The molecule has 0 amide bonds. The van der Waals surface area contributed by atoms with Gasteiger partial charge in [0.2, 0.25) is 0 Å². The number of aliphatic imine (C=N–C) groups is 1. The molecule has 3 N–H and O–H groups in total. The Morgan fingerprint density at radius 2 is 1.62 bits per heavy atom. The molecule has 0 spiro atoms. The number of ether oxygens (including phenoxy) is 2. The maximum absolute atomic E-state index is 6.04. The summed E-state index contributed by atoms with van der Waals surface area (Å²) >= 11 is 0. The standard InChI is InChI=1S/C22H31N5O2/c1-26-10-12-27(13-11-26)16-18-6-4-17(5-7-18)15-24-22(23)25-19-8-9-20(28-2)21(14-19)29-3/h4-9,14H,10-13,15-16H2,1-3H3,(H3,23,24,25). The zero-order chi connectivity index (χ0) is 20.6. The third-order valence-corrected chi connectivity index (χ3v) is 5.11. The number of hydrogen-bond acceptors (Lipinski definition) is 5.